The van der Waals surface area contributed by atoms with Crippen LogP contribution in [-0.2, 0) is 0 Å². The van der Waals surface area contributed by atoms with E-state index in [1.54, 1.807) is 7.11 Å². The minimum absolute atomic E-state index is 0.0291. The fraction of sp³-hybridized carbons (Fsp3) is 0.176. The molecule has 0 bridgehead atoms. The highest BCUT2D eigenvalue weighted by Crippen LogP contribution is 2.32. The number of hydrogen-bond donors (Lipinski definition) is 1. The van der Waals surface area contributed by atoms with Crippen LogP contribution in [0.2, 0.25) is 0 Å². The third-order valence-corrected chi connectivity index (χ3v) is 3.47. The van der Waals surface area contributed by atoms with E-state index in [1.165, 1.54) is 0 Å². The number of fused-ring (bicyclic) bond motifs is 1. The van der Waals surface area contributed by atoms with Crippen LogP contribution in [0.5, 0.6) is 5.75 Å². The maximum absolute atomic E-state index is 5.96. The first-order chi connectivity index (χ1) is 9.83. The molecule has 1 aromatic heterocycles. The highest BCUT2D eigenvalue weighted by atomic mass is 16.5. The van der Waals surface area contributed by atoms with Gasteiger partial charge in [0.2, 0.25) is 0 Å². The zero-order valence-electron chi connectivity index (χ0n) is 11.6. The van der Waals surface area contributed by atoms with Gasteiger partial charge in [-0.1, -0.05) is 36.4 Å². The fourth-order valence-electron chi connectivity index (χ4n) is 2.50. The van der Waals surface area contributed by atoms with Crippen molar-refractivity contribution in [1.29, 1.82) is 0 Å². The lowest BCUT2D eigenvalue weighted by atomic mass is 10.0. The lowest BCUT2D eigenvalue weighted by Gasteiger charge is -2.17. The summed E-state index contributed by atoms with van der Waals surface area (Å²) in [5, 5.41) is 4.41. The minimum Gasteiger partial charge on any atom is -0.496 e. The number of nitrogens with one attached hydrogen (secondary N) is 1. The lowest BCUT2D eigenvalue weighted by Crippen LogP contribution is -2.17. The summed E-state index contributed by atoms with van der Waals surface area (Å²) < 4.78 is 11.4. The SMILES string of the molecule is CNC(c1cc2ccccc2o1)c1ccccc1OC. The first-order valence-electron chi connectivity index (χ1n) is 6.62. The molecule has 0 spiro atoms. The van der Waals surface area contributed by atoms with Crippen LogP contribution in [0.3, 0.4) is 0 Å². The van der Waals surface area contributed by atoms with Gasteiger partial charge >= 0.3 is 0 Å². The molecule has 102 valence electrons. The Kier molecular flexibility index (Phi) is 3.44. The van der Waals surface area contributed by atoms with E-state index in [0.29, 0.717) is 0 Å². The summed E-state index contributed by atoms with van der Waals surface area (Å²) in [7, 11) is 3.61. The van der Waals surface area contributed by atoms with E-state index in [2.05, 4.69) is 17.4 Å². The Morgan fingerprint density at radius 1 is 1.05 bits per heavy atom. The molecule has 0 fully saturated rings. The monoisotopic (exact) mass is 267 g/mol. The summed E-state index contributed by atoms with van der Waals surface area (Å²) in [6, 6.07) is 18.0. The van der Waals surface area contributed by atoms with Crippen LogP contribution >= 0.6 is 0 Å². The molecule has 1 unspecified atom stereocenters. The minimum atomic E-state index is -0.0291. The molecule has 1 heterocycles. The number of ether oxygens (including phenoxy) is 1. The highest BCUT2D eigenvalue weighted by Gasteiger charge is 2.19. The summed E-state index contributed by atoms with van der Waals surface area (Å²) in [5.41, 5.74) is 1.97. The van der Waals surface area contributed by atoms with Crippen molar-refractivity contribution in [2.75, 3.05) is 14.2 Å². The fourth-order valence-corrected chi connectivity index (χ4v) is 2.50. The zero-order chi connectivity index (χ0) is 13.9. The molecule has 0 aliphatic carbocycles. The van der Waals surface area contributed by atoms with E-state index < -0.39 is 0 Å². The standard InChI is InChI=1S/C17H17NO2/c1-18-17(13-8-4-6-10-15(13)19-2)16-11-12-7-3-5-9-14(12)20-16/h3-11,17-18H,1-2H3. The number of rotatable bonds is 4. The van der Waals surface area contributed by atoms with Gasteiger partial charge in [0.05, 0.1) is 13.2 Å². The van der Waals surface area contributed by atoms with Crippen LogP contribution < -0.4 is 10.1 Å². The topological polar surface area (TPSA) is 34.4 Å². The molecular weight excluding hydrogens is 250 g/mol. The van der Waals surface area contributed by atoms with E-state index in [9.17, 15) is 0 Å². The molecular formula is C17H17NO2. The van der Waals surface area contributed by atoms with Crippen LogP contribution in [0.15, 0.2) is 59.0 Å². The van der Waals surface area contributed by atoms with Gasteiger partial charge in [0.25, 0.3) is 0 Å². The van der Waals surface area contributed by atoms with Crippen molar-refractivity contribution in [3.8, 4) is 5.75 Å². The number of benzene rings is 2. The van der Waals surface area contributed by atoms with E-state index >= 15 is 0 Å². The summed E-state index contributed by atoms with van der Waals surface area (Å²) in [5.74, 6) is 1.74. The maximum atomic E-state index is 5.96. The van der Waals surface area contributed by atoms with Gasteiger partial charge in [-0.25, -0.2) is 0 Å². The van der Waals surface area contributed by atoms with Gasteiger partial charge < -0.3 is 14.5 Å². The molecule has 20 heavy (non-hydrogen) atoms. The molecule has 0 aliphatic heterocycles. The molecule has 3 aromatic rings. The van der Waals surface area contributed by atoms with Crippen molar-refractivity contribution in [2.24, 2.45) is 0 Å². The van der Waals surface area contributed by atoms with Gasteiger partial charge in [0, 0.05) is 10.9 Å². The zero-order valence-corrected chi connectivity index (χ0v) is 11.6. The number of hydrogen-bond acceptors (Lipinski definition) is 3. The number of para-hydroxylation sites is 2. The van der Waals surface area contributed by atoms with Crippen LogP contribution in [0.4, 0.5) is 0 Å². The van der Waals surface area contributed by atoms with Crippen molar-refractivity contribution < 1.29 is 9.15 Å². The highest BCUT2D eigenvalue weighted by molar-refractivity contribution is 5.78. The predicted molar refractivity (Wildman–Crippen MR) is 80.1 cm³/mol. The van der Waals surface area contributed by atoms with Crippen molar-refractivity contribution in [3.63, 3.8) is 0 Å². The van der Waals surface area contributed by atoms with E-state index in [1.807, 2.05) is 49.5 Å². The largest absolute Gasteiger partial charge is 0.496 e. The Morgan fingerprint density at radius 2 is 1.80 bits per heavy atom. The third-order valence-electron chi connectivity index (χ3n) is 3.47. The van der Waals surface area contributed by atoms with Crippen LogP contribution in [0.25, 0.3) is 11.0 Å². The summed E-state index contributed by atoms with van der Waals surface area (Å²) in [6.07, 6.45) is 0. The molecule has 0 radical (unpaired) electrons. The molecule has 3 rings (SSSR count). The molecule has 0 aliphatic rings. The number of methoxy groups -OCH3 is 1. The molecule has 2 aromatic carbocycles. The van der Waals surface area contributed by atoms with Gasteiger partial charge in [0.15, 0.2) is 0 Å². The average Bonchev–Trinajstić information content (AvgIpc) is 2.92. The van der Waals surface area contributed by atoms with Gasteiger partial charge in [-0.3, -0.25) is 0 Å². The molecule has 3 heteroatoms. The van der Waals surface area contributed by atoms with Gasteiger partial charge in [0.1, 0.15) is 17.1 Å². The molecule has 1 N–H and O–H groups in total. The number of furan rings is 1. The Morgan fingerprint density at radius 3 is 2.55 bits per heavy atom. The molecule has 0 saturated carbocycles. The average molecular weight is 267 g/mol. The quantitative estimate of drug-likeness (QED) is 0.781. The predicted octanol–water partition coefficient (Wildman–Crippen LogP) is 3.75. The first kappa shape index (κ1) is 12.8. The van der Waals surface area contributed by atoms with E-state index in [-0.39, 0.29) is 6.04 Å². The van der Waals surface area contributed by atoms with Crippen LogP contribution in [0.1, 0.15) is 17.4 Å². The third kappa shape index (κ3) is 2.17. The second-order valence-electron chi connectivity index (χ2n) is 4.65. The van der Waals surface area contributed by atoms with Crippen molar-refractivity contribution in [1.82, 2.24) is 5.32 Å². The first-order valence-corrected chi connectivity index (χ1v) is 6.62. The Bertz CT molecular complexity index is 685. The maximum Gasteiger partial charge on any atom is 0.134 e. The summed E-state index contributed by atoms with van der Waals surface area (Å²) in [6.45, 7) is 0. The summed E-state index contributed by atoms with van der Waals surface area (Å²) >= 11 is 0. The smallest absolute Gasteiger partial charge is 0.134 e. The lowest BCUT2D eigenvalue weighted by molar-refractivity contribution is 0.399. The van der Waals surface area contributed by atoms with Crippen LogP contribution in [-0.4, -0.2) is 14.2 Å². The van der Waals surface area contributed by atoms with Crippen molar-refractivity contribution in [3.05, 3.63) is 65.9 Å². The molecule has 1 atom stereocenters. The van der Waals surface area contributed by atoms with Gasteiger partial charge in [-0.05, 0) is 25.2 Å². The van der Waals surface area contributed by atoms with Crippen LogP contribution in [0, 0.1) is 0 Å². The second-order valence-corrected chi connectivity index (χ2v) is 4.65. The van der Waals surface area contributed by atoms with Gasteiger partial charge in [-0.15, -0.1) is 0 Å². The molecule has 0 saturated heterocycles. The van der Waals surface area contributed by atoms with E-state index in [0.717, 1.165) is 28.0 Å². The van der Waals surface area contributed by atoms with Crippen molar-refractivity contribution >= 4 is 11.0 Å². The second kappa shape index (κ2) is 5.39. The normalized spacial score (nSPS) is 12.5. The summed E-state index contributed by atoms with van der Waals surface area (Å²) in [4.78, 5) is 0. The Hall–Kier alpha value is -2.26. The van der Waals surface area contributed by atoms with Crippen molar-refractivity contribution in [2.45, 2.75) is 6.04 Å². The van der Waals surface area contributed by atoms with E-state index in [4.69, 9.17) is 9.15 Å². The molecule has 3 nitrogen and oxygen atoms in total. The Labute approximate surface area is 118 Å². The Balaban J connectivity index is 2.09. The molecule has 0 amide bonds. The van der Waals surface area contributed by atoms with Gasteiger partial charge in [-0.2, -0.15) is 0 Å².